The van der Waals surface area contributed by atoms with Crippen molar-refractivity contribution in [1.29, 1.82) is 0 Å². The van der Waals surface area contributed by atoms with Gasteiger partial charge in [-0.2, -0.15) is 0 Å². The molecular weight excluding hydrogens is 272 g/mol. The van der Waals surface area contributed by atoms with E-state index in [0.717, 1.165) is 51.1 Å². The molecule has 2 aliphatic rings. The van der Waals surface area contributed by atoms with Gasteiger partial charge in [-0.15, -0.1) is 0 Å². The SMILES string of the molecule is C[C@H]1CC[C@@H](CNC2(c3ccc(F)cc3F)CCCC2)O1. The topological polar surface area (TPSA) is 21.3 Å². The Morgan fingerprint density at radius 1 is 1.24 bits per heavy atom. The normalized spacial score (nSPS) is 28.1. The molecule has 1 aromatic rings. The van der Waals surface area contributed by atoms with Gasteiger partial charge in [-0.05, 0) is 38.7 Å². The van der Waals surface area contributed by atoms with E-state index in [1.54, 1.807) is 6.07 Å². The van der Waals surface area contributed by atoms with E-state index in [0.29, 0.717) is 11.7 Å². The first-order valence-electron chi connectivity index (χ1n) is 7.95. The second-order valence-electron chi connectivity index (χ2n) is 6.44. The van der Waals surface area contributed by atoms with Gasteiger partial charge in [0.25, 0.3) is 0 Å². The monoisotopic (exact) mass is 295 g/mol. The lowest BCUT2D eigenvalue weighted by molar-refractivity contribution is 0.0500. The number of rotatable bonds is 4. The van der Waals surface area contributed by atoms with Crippen LogP contribution in [0.25, 0.3) is 0 Å². The van der Waals surface area contributed by atoms with Gasteiger partial charge in [0, 0.05) is 23.7 Å². The van der Waals surface area contributed by atoms with Crippen LogP contribution in [0.4, 0.5) is 8.78 Å². The standard InChI is InChI=1S/C17H23F2NO/c1-12-4-6-14(21-12)11-20-17(8-2-3-9-17)15-7-5-13(18)10-16(15)19/h5,7,10,12,14,20H,2-4,6,8-9,11H2,1H3/t12-,14-/m0/s1. The van der Waals surface area contributed by atoms with Crippen LogP contribution in [0.1, 0.15) is 51.0 Å². The van der Waals surface area contributed by atoms with Crippen LogP contribution in [0.15, 0.2) is 18.2 Å². The Kier molecular flexibility index (Phi) is 4.27. The summed E-state index contributed by atoms with van der Waals surface area (Å²) in [5.41, 5.74) is 0.250. The fraction of sp³-hybridized carbons (Fsp3) is 0.647. The van der Waals surface area contributed by atoms with E-state index in [1.165, 1.54) is 6.07 Å². The molecule has 116 valence electrons. The van der Waals surface area contributed by atoms with Crippen molar-refractivity contribution in [2.24, 2.45) is 0 Å². The molecule has 1 aliphatic carbocycles. The molecular formula is C17H23F2NO. The maximum atomic E-state index is 14.2. The molecule has 1 heterocycles. The van der Waals surface area contributed by atoms with Crippen molar-refractivity contribution in [2.45, 2.75) is 63.2 Å². The van der Waals surface area contributed by atoms with Crippen LogP contribution in [0, 0.1) is 11.6 Å². The van der Waals surface area contributed by atoms with E-state index in [2.05, 4.69) is 12.2 Å². The molecule has 21 heavy (non-hydrogen) atoms. The predicted molar refractivity (Wildman–Crippen MR) is 78.1 cm³/mol. The molecule has 1 aromatic carbocycles. The molecule has 0 bridgehead atoms. The summed E-state index contributed by atoms with van der Waals surface area (Å²) in [4.78, 5) is 0. The second kappa shape index (κ2) is 6.01. The summed E-state index contributed by atoms with van der Waals surface area (Å²) in [5, 5.41) is 3.55. The third kappa shape index (κ3) is 3.11. The Hall–Kier alpha value is -1.00. The van der Waals surface area contributed by atoms with E-state index >= 15 is 0 Å². The van der Waals surface area contributed by atoms with Gasteiger partial charge in [-0.25, -0.2) is 8.78 Å². The lowest BCUT2D eigenvalue weighted by atomic mass is 9.87. The van der Waals surface area contributed by atoms with Crippen molar-refractivity contribution in [3.05, 3.63) is 35.4 Å². The number of benzene rings is 1. The van der Waals surface area contributed by atoms with Crippen LogP contribution in [0.5, 0.6) is 0 Å². The van der Waals surface area contributed by atoms with Crippen LogP contribution in [0.3, 0.4) is 0 Å². The fourth-order valence-corrected chi connectivity index (χ4v) is 3.74. The summed E-state index contributed by atoms with van der Waals surface area (Å²) in [5.74, 6) is -0.956. The predicted octanol–water partition coefficient (Wildman–Crippen LogP) is 3.89. The first-order valence-corrected chi connectivity index (χ1v) is 7.95. The molecule has 0 aromatic heterocycles. The Morgan fingerprint density at radius 3 is 2.62 bits per heavy atom. The maximum Gasteiger partial charge on any atom is 0.131 e. The largest absolute Gasteiger partial charge is 0.374 e. The Bertz CT molecular complexity index is 500. The Morgan fingerprint density at radius 2 is 2.00 bits per heavy atom. The van der Waals surface area contributed by atoms with Gasteiger partial charge in [0.15, 0.2) is 0 Å². The maximum absolute atomic E-state index is 14.2. The number of hydrogen-bond donors (Lipinski definition) is 1. The highest BCUT2D eigenvalue weighted by molar-refractivity contribution is 5.28. The second-order valence-corrected chi connectivity index (χ2v) is 6.44. The smallest absolute Gasteiger partial charge is 0.131 e. The minimum atomic E-state index is -0.516. The molecule has 4 heteroatoms. The number of halogens is 2. The van der Waals surface area contributed by atoms with Crippen LogP contribution in [-0.4, -0.2) is 18.8 Å². The Balaban J connectivity index is 1.76. The fourth-order valence-electron chi connectivity index (χ4n) is 3.74. The van der Waals surface area contributed by atoms with Gasteiger partial charge in [0.2, 0.25) is 0 Å². The van der Waals surface area contributed by atoms with E-state index in [1.807, 2.05) is 0 Å². The quantitative estimate of drug-likeness (QED) is 0.910. The number of ether oxygens (including phenoxy) is 1. The van der Waals surface area contributed by atoms with Crippen molar-refractivity contribution < 1.29 is 13.5 Å². The van der Waals surface area contributed by atoms with Gasteiger partial charge in [0.05, 0.1) is 12.2 Å². The van der Waals surface area contributed by atoms with Crippen LogP contribution < -0.4 is 5.32 Å². The highest BCUT2D eigenvalue weighted by Crippen LogP contribution is 2.40. The minimum Gasteiger partial charge on any atom is -0.374 e. The third-order valence-electron chi connectivity index (χ3n) is 4.89. The summed E-state index contributed by atoms with van der Waals surface area (Å²) < 4.78 is 33.2. The summed E-state index contributed by atoms with van der Waals surface area (Å²) in [6, 6.07) is 3.95. The van der Waals surface area contributed by atoms with Crippen LogP contribution in [0.2, 0.25) is 0 Å². The minimum absolute atomic E-state index is 0.209. The van der Waals surface area contributed by atoms with Crippen molar-refractivity contribution >= 4 is 0 Å². The van der Waals surface area contributed by atoms with Gasteiger partial charge in [-0.3, -0.25) is 0 Å². The Labute approximate surface area is 124 Å². The van der Waals surface area contributed by atoms with Crippen LogP contribution >= 0.6 is 0 Å². The van der Waals surface area contributed by atoms with E-state index in [-0.39, 0.29) is 11.6 Å². The summed E-state index contributed by atoms with van der Waals surface area (Å²) in [7, 11) is 0. The number of nitrogens with one attached hydrogen (secondary N) is 1. The molecule has 2 fully saturated rings. The molecule has 0 unspecified atom stereocenters. The van der Waals surface area contributed by atoms with Gasteiger partial charge >= 0.3 is 0 Å². The zero-order chi connectivity index (χ0) is 14.9. The first kappa shape index (κ1) is 14.9. The molecule has 3 rings (SSSR count). The highest BCUT2D eigenvalue weighted by atomic mass is 19.1. The van der Waals surface area contributed by atoms with E-state index in [4.69, 9.17) is 4.74 Å². The highest BCUT2D eigenvalue weighted by Gasteiger charge is 2.38. The summed E-state index contributed by atoms with van der Waals surface area (Å²) in [6.45, 7) is 2.83. The average molecular weight is 295 g/mol. The summed E-state index contributed by atoms with van der Waals surface area (Å²) in [6.07, 6.45) is 6.62. The van der Waals surface area contributed by atoms with Gasteiger partial charge in [0.1, 0.15) is 11.6 Å². The van der Waals surface area contributed by atoms with E-state index in [9.17, 15) is 8.78 Å². The molecule has 1 saturated carbocycles. The van der Waals surface area contributed by atoms with Crippen molar-refractivity contribution in [3.63, 3.8) is 0 Å². The van der Waals surface area contributed by atoms with Crippen molar-refractivity contribution in [1.82, 2.24) is 5.32 Å². The van der Waals surface area contributed by atoms with Gasteiger partial charge in [-0.1, -0.05) is 18.9 Å². The molecule has 2 atom stereocenters. The van der Waals surface area contributed by atoms with Gasteiger partial charge < -0.3 is 10.1 Å². The summed E-state index contributed by atoms with van der Waals surface area (Å²) >= 11 is 0. The van der Waals surface area contributed by atoms with Crippen molar-refractivity contribution in [3.8, 4) is 0 Å². The molecule has 1 saturated heterocycles. The van der Waals surface area contributed by atoms with E-state index < -0.39 is 11.6 Å². The number of hydrogen-bond acceptors (Lipinski definition) is 2. The first-order chi connectivity index (χ1) is 10.1. The average Bonchev–Trinajstić information content (AvgIpc) is 3.06. The third-order valence-corrected chi connectivity index (χ3v) is 4.89. The lowest BCUT2D eigenvalue weighted by Gasteiger charge is -2.32. The molecule has 0 radical (unpaired) electrons. The lowest BCUT2D eigenvalue weighted by Crippen LogP contribution is -2.44. The molecule has 0 amide bonds. The zero-order valence-electron chi connectivity index (χ0n) is 12.5. The van der Waals surface area contributed by atoms with Crippen molar-refractivity contribution in [2.75, 3.05) is 6.54 Å². The molecule has 1 N–H and O–H groups in total. The molecule has 1 aliphatic heterocycles. The molecule has 0 spiro atoms. The zero-order valence-corrected chi connectivity index (χ0v) is 12.5. The van der Waals surface area contributed by atoms with Crippen LogP contribution in [-0.2, 0) is 10.3 Å². The molecule has 2 nitrogen and oxygen atoms in total.